The van der Waals surface area contributed by atoms with Gasteiger partial charge in [-0.2, -0.15) is 0 Å². The van der Waals surface area contributed by atoms with Crippen molar-refractivity contribution in [1.82, 2.24) is 9.80 Å². The van der Waals surface area contributed by atoms with Crippen LogP contribution in [0.2, 0.25) is 0 Å². The minimum atomic E-state index is -0.253. The lowest BCUT2D eigenvalue weighted by molar-refractivity contribution is -0.134. The molecule has 2 unspecified atom stereocenters. The van der Waals surface area contributed by atoms with E-state index in [4.69, 9.17) is 0 Å². The molecule has 1 aliphatic heterocycles. The van der Waals surface area contributed by atoms with Gasteiger partial charge in [0.15, 0.2) is 0 Å². The first-order valence-electron chi connectivity index (χ1n) is 9.44. The van der Waals surface area contributed by atoms with Gasteiger partial charge >= 0.3 is 0 Å². The predicted octanol–water partition coefficient (Wildman–Crippen LogP) is 3.22. The second-order valence-corrected chi connectivity index (χ2v) is 7.43. The predicted molar refractivity (Wildman–Crippen MR) is 101 cm³/mol. The van der Waals surface area contributed by atoms with Crippen LogP contribution in [0.15, 0.2) is 48.5 Å². The third-order valence-electron chi connectivity index (χ3n) is 5.66. The topological polar surface area (TPSA) is 40.6 Å². The summed E-state index contributed by atoms with van der Waals surface area (Å²) in [7, 11) is 0. The Labute approximate surface area is 158 Å². The monoisotopic (exact) mass is 366 g/mol. The summed E-state index contributed by atoms with van der Waals surface area (Å²) in [6, 6.07) is 14.0. The summed E-state index contributed by atoms with van der Waals surface area (Å²) < 4.78 is 13.1. The van der Waals surface area contributed by atoms with E-state index >= 15 is 0 Å². The highest BCUT2D eigenvalue weighted by Gasteiger charge is 2.46. The highest BCUT2D eigenvalue weighted by molar-refractivity contribution is 5.95. The number of piperazine rings is 1. The van der Waals surface area contributed by atoms with Crippen molar-refractivity contribution in [1.29, 1.82) is 0 Å². The number of rotatable bonds is 3. The van der Waals surface area contributed by atoms with Crippen LogP contribution in [0.1, 0.15) is 33.8 Å². The summed E-state index contributed by atoms with van der Waals surface area (Å²) in [5.74, 6) is 0.138. The van der Waals surface area contributed by atoms with Crippen molar-refractivity contribution < 1.29 is 14.0 Å². The first-order valence-corrected chi connectivity index (χ1v) is 9.44. The van der Waals surface area contributed by atoms with Gasteiger partial charge < -0.3 is 9.80 Å². The van der Waals surface area contributed by atoms with E-state index < -0.39 is 0 Å². The number of halogens is 1. The first kappa shape index (κ1) is 17.7. The maximum absolute atomic E-state index is 13.1. The first-order chi connectivity index (χ1) is 13.0. The van der Waals surface area contributed by atoms with E-state index in [9.17, 15) is 14.0 Å². The van der Waals surface area contributed by atoms with Crippen LogP contribution in [-0.2, 0) is 4.79 Å². The van der Waals surface area contributed by atoms with E-state index in [0.717, 1.165) is 23.1 Å². The Morgan fingerprint density at radius 2 is 1.56 bits per heavy atom. The smallest absolute Gasteiger partial charge is 0.254 e. The van der Waals surface area contributed by atoms with E-state index in [2.05, 4.69) is 0 Å². The van der Waals surface area contributed by atoms with Gasteiger partial charge in [-0.3, -0.25) is 9.59 Å². The van der Waals surface area contributed by atoms with Crippen LogP contribution in [-0.4, -0.2) is 47.8 Å². The van der Waals surface area contributed by atoms with E-state index in [1.807, 2.05) is 41.0 Å². The molecule has 27 heavy (non-hydrogen) atoms. The van der Waals surface area contributed by atoms with E-state index in [-0.39, 0.29) is 29.5 Å². The van der Waals surface area contributed by atoms with Crippen molar-refractivity contribution in [3.8, 4) is 0 Å². The molecule has 1 aliphatic carbocycles. The quantitative estimate of drug-likeness (QED) is 0.837. The molecule has 2 aromatic carbocycles. The molecule has 1 saturated carbocycles. The summed E-state index contributed by atoms with van der Waals surface area (Å²) in [5.41, 5.74) is 2.74. The van der Waals surface area contributed by atoms with Crippen LogP contribution in [0.3, 0.4) is 0 Å². The lowest BCUT2D eigenvalue weighted by atomic mass is 10.1. The Bertz CT molecular complexity index is 857. The van der Waals surface area contributed by atoms with Crippen LogP contribution < -0.4 is 0 Å². The Balaban J connectivity index is 1.33. The minimum Gasteiger partial charge on any atom is -0.339 e. The van der Waals surface area contributed by atoms with Gasteiger partial charge in [-0.25, -0.2) is 4.39 Å². The largest absolute Gasteiger partial charge is 0.339 e. The number of carbonyl (C=O) groups excluding carboxylic acids is 2. The summed E-state index contributed by atoms with van der Waals surface area (Å²) in [6.45, 7) is 4.21. The highest BCUT2D eigenvalue weighted by Crippen LogP contribution is 2.48. The Morgan fingerprint density at radius 1 is 0.926 bits per heavy atom. The zero-order valence-electron chi connectivity index (χ0n) is 15.4. The molecule has 2 atom stereocenters. The number of nitrogens with zero attached hydrogens (tertiary/aromatic N) is 2. The fourth-order valence-electron chi connectivity index (χ4n) is 3.89. The second kappa shape index (κ2) is 7.14. The number of benzene rings is 2. The van der Waals surface area contributed by atoms with Crippen molar-refractivity contribution in [2.24, 2.45) is 5.92 Å². The third kappa shape index (κ3) is 3.59. The molecule has 0 N–H and O–H groups in total. The van der Waals surface area contributed by atoms with E-state index in [1.165, 1.54) is 12.1 Å². The molecule has 5 heteroatoms. The molecule has 1 heterocycles. The van der Waals surface area contributed by atoms with Crippen molar-refractivity contribution in [3.05, 3.63) is 71.0 Å². The number of hydrogen-bond donors (Lipinski definition) is 0. The maximum Gasteiger partial charge on any atom is 0.254 e. The fraction of sp³-hybridized carbons (Fsp3) is 0.364. The van der Waals surface area contributed by atoms with Crippen LogP contribution in [0.4, 0.5) is 4.39 Å². The zero-order chi connectivity index (χ0) is 19.0. The molecule has 2 fully saturated rings. The number of amides is 2. The van der Waals surface area contributed by atoms with Gasteiger partial charge in [0.05, 0.1) is 0 Å². The molecule has 4 rings (SSSR count). The number of hydrogen-bond acceptors (Lipinski definition) is 2. The molecule has 140 valence electrons. The SMILES string of the molecule is Cc1ccccc1C(=O)N1CCN(C(=O)C2CC2c2ccc(F)cc2)CC1. The average molecular weight is 366 g/mol. The molecule has 1 saturated heterocycles. The van der Waals surface area contributed by atoms with Gasteiger partial charge in [-0.15, -0.1) is 0 Å². The van der Waals surface area contributed by atoms with Crippen molar-refractivity contribution in [3.63, 3.8) is 0 Å². The van der Waals surface area contributed by atoms with Crippen LogP contribution in [0, 0.1) is 18.7 Å². The molecule has 4 nitrogen and oxygen atoms in total. The molecule has 0 bridgehead atoms. The second-order valence-electron chi connectivity index (χ2n) is 7.43. The molecule has 2 aromatic rings. The third-order valence-corrected chi connectivity index (χ3v) is 5.66. The zero-order valence-corrected chi connectivity index (χ0v) is 15.4. The van der Waals surface area contributed by atoms with Crippen LogP contribution in [0.25, 0.3) is 0 Å². The lowest BCUT2D eigenvalue weighted by Gasteiger charge is -2.35. The fourth-order valence-corrected chi connectivity index (χ4v) is 3.89. The summed E-state index contributed by atoms with van der Waals surface area (Å²) in [4.78, 5) is 29.2. The van der Waals surface area contributed by atoms with Gasteiger partial charge in [0, 0.05) is 37.7 Å². The van der Waals surface area contributed by atoms with Gasteiger partial charge in [0.2, 0.25) is 5.91 Å². The van der Waals surface area contributed by atoms with Crippen molar-refractivity contribution >= 4 is 11.8 Å². The standard InChI is InChI=1S/C22H23FN2O2/c1-15-4-2-3-5-18(15)21(26)24-10-12-25(13-11-24)22(27)20-14-19(20)16-6-8-17(23)9-7-16/h2-9,19-20H,10-14H2,1H3. The lowest BCUT2D eigenvalue weighted by Crippen LogP contribution is -2.51. The molecular weight excluding hydrogens is 343 g/mol. The maximum atomic E-state index is 13.1. The van der Waals surface area contributed by atoms with Gasteiger partial charge in [-0.05, 0) is 48.6 Å². The van der Waals surface area contributed by atoms with Gasteiger partial charge in [-0.1, -0.05) is 30.3 Å². The Kier molecular flexibility index (Phi) is 4.68. The van der Waals surface area contributed by atoms with Crippen molar-refractivity contribution in [2.75, 3.05) is 26.2 Å². The summed E-state index contributed by atoms with van der Waals surface area (Å²) >= 11 is 0. The molecule has 0 radical (unpaired) electrons. The molecule has 0 aromatic heterocycles. The average Bonchev–Trinajstić information content (AvgIpc) is 3.49. The van der Waals surface area contributed by atoms with E-state index in [1.54, 1.807) is 12.1 Å². The highest BCUT2D eigenvalue weighted by atomic mass is 19.1. The molecule has 0 spiro atoms. The van der Waals surface area contributed by atoms with E-state index in [0.29, 0.717) is 26.2 Å². The summed E-state index contributed by atoms with van der Waals surface area (Å²) in [6.07, 6.45) is 0.826. The van der Waals surface area contributed by atoms with Gasteiger partial charge in [0.25, 0.3) is 5.91 Å². The van der Waals surface area contributed by atoms with Gasteiger partial charge in [0.1, 0.15) is 5.82 Å². The Hall–Kier alpha value is -2.69. The number of carbonyl (C=O) groups is 2. The van der Waals surface area contributed by atoms with Crippen molar-refractivity contribution in [2.45, 2.75) is 19.3 Å². The number of aryl methyl sites for hydroxylation is 1. The normalized spacial score (nSPS) is 21.9. The molecule has 2 amide bonds. The van der Waals surface area contributed by atoms with Crippen LogP contribution in [0.5, 0.6) is 0 Å². The van der Waals surface area contributed by atoms with Crippen LogP contribution >= 0.6 is 0 Å². The summed E-state index contributed by atoms with van der Waals surface area (Å²) in [5, 5.41) is 0. The molecule has 2 aliphatic rings. The molecular formula is C22H23FN2O2. The Morgan fingerprint density at radius 3 is 2.22 bits per heavy atom. The minimum absolute atomic E-state index is 0.00548.